The van der Waals surface area contributed by atoms with E-state index in [1.165, 1.54) is 12.3 Å². The summed E-state index contributed by atoms with van der Waals surface area (Å²) in [5.74, 6) is -3.71. The molecule has 0 saturated heterocycles. The van der Waals surface area contributed by atoms with Gasteiger partial charge in [0.2, 0.25) is 0 Å². The van der Waals surface area contributed by atoms with Crippen LogP contribution in [0.25, 0.3) is 27.7 Å². The van der Waals surface area contributed by atoms with Gasteiger partial charge in [-0.15, -0.1) is 0 Å². The molecule has 32 heavy (non-hydrogen) atoms. The summed E-state index contributed by atoms with van der Waals surface area (Å²) in [4.78, 5) is 21.1. The lowest BCUT2D eigenvalue weighted by Crippen LogP contribution is -2.12. The lowest BCUT2D eigenvalue weighted by atomic mass is 10.0. The van der Waals surface area contributed by atoms with E-state index in [0.717, 1.165) is 5.65 Å². The van der Waals surface area contributed by atoms with Crippen LogP contribution in [0.3, 0.4) is 0 Å². The second-order valence-corrected chi connectivity index (χ2v) is 7.43. The van der Waals surface area contributed by atoms with Crippen molar-refractivity contribution in [3.8, 4) is 11.3 Å². The van der Waals surface area contributed by atoms with Crippen molar-refractivity contribution in [1.82, 2.24) is 14.4 Å². The van der Waals surface area contributed by atoms with Crippen molar-refractivity contribution in [3.05, 3.63) is 95.3 Å². The number of fused-ring (bicyclic) bond motifs is 2. The zero-order chi connectivity index (χ0) is 22.4. The quantitative estimate of drug-likeness (QED) is 0.372. The summed E-state index contributed by atoms with van der Waals surface area (Å²) >= 11 is 6.21. The van der Waals surface area contributed by atoms with Crippen molar-refractivity contribution >= 4 is 39.6 Å². The minimum absolute atomic E-state index is 0.0890. The molecule has 5 rings (SSSR count). The Bertz CT molecular complexity index is 1510. The molecule has 3 aromatic heterocycles. The van der Waals surface area contributed by atoms with Crippen LogP contribution < -0.4 is 5.32 Å². The van der Waals surface area contributed by atoms with Gasteiger partial charge in [-0.25, -0.2) is 18.2 Å². The maximum absolute atomic E-state index is 14.4. The highest BCUT2D eigenvalue weighted by Gasteiger charge is 2.19. The van der Waals surface area contributed by atoms with Crippen molar-refractivity contribution in [2.75, 3.05) is 5.32 Å². The van der Waals surface area contributed by atoms with Gasteiger partial charge in [-0.2, -0.15) is 0 Å². The number of amides is 1. The first-order valence-corrected chi connectivity index (χ1v) is 9.76. The van der Waals surface area contributed by atoms with Crippen LogP contribution in [0.15, 0.2) is 67.3 Å². The first-order chi connectivity index (χ1) is 15.4. The number of imidazole rings is 1. The van der Waals surface area contributed by atoms with Crippen LogP contribution in [0.1, 0.15) is 10.4 Å². The smallest absolute Gasteiger partial charge is 0.255 e. The van der Waals surface area contributed by atoms with E-state index in [1.54, 1.807) is 47.3 Å². The molecule has 0 atom stereocenters. The van der Waals surface area contributed by atoms with E-state index in [-0.39, 0.29) is 21.7 Å². The molecule has 3 heterocycles. The molecule has 0 spiro atoms. The van der Waals surface area contributed by atoms with E-state index in [1.807, 2.05) is 0 Å². The normalized spacial score (nSPS) is 11.2. The number of benzene rings is 2. The zero-order valence-corrected chi connectivity index (χ0v) is 16.9. The van der Waals surface area contributed by atoms with Crippen LogP contribution >= 0.6 is 11.6 Å². The van der Waals surface area contributed by atoms with Crippen LogP contribution in [0.2, 0.25) is 5.02 Å². The number of pyridine rings is 2. The van der Waals surface area contributed by atoms with Crippen LogP contribution in [0.4, 0.5) is 18.9 Å². The Morgan fingerprint density at radius 2 is 1.75 bits per heavy atom. The number of anilines is 1. The molecule has 0 bridgehead atoms. The first kappa shape index (κ1) is 20.0. The van der Waals surface area contributed by atoms with Gasteiger partial charge >= 0.3 is 0 Å². The van der Waals surface area contributed by atoms with Crippen molar-refractivity contribution < 1.29 is 18.0 Å². The topological polar surface area (TPSA) is 59.3 Å². The maximum Gasteiger partial charge on any atom is 0.255 e. The number of rotatable bonds is 3. The molecule has 0 aliphatic rings. The van der Waals surface area contributed by atoms with E-state index >= 15 is 0 Å². The summed E-state index contributed by atoms with van der Waals surface area (Å²) in [6.07, 6.45) is 6.33. The molecule has 0 unspecified atom stereocenters. The van der Waals surface area contributed by atoms with Crippen LogP contribution in [0, 0.1) is 17.5 Å². The molecule has 0 radical (unpaired) electrons. The molecule has 0 aliphatic carbocycles. The minimum Gasteiger partial charge on any atom is -0.321 e. The van der Waals surface area contributed by atoms with Crippen molar-refractivity contribution in [2.24, 2.45) is 0 Å². The van der Waals surface area contributed by atoms with Gasteiger partial charge in [-0.3, -0.25) is 9.78 Å². The molecule has 9 heteroatoms. The molecule has 5 nitrogen and oxygen atoms in total. The van der Waals surface area contributed by atoms with Gasteiger partial charge in [0.1, 0.15) is 23.1 Å². The molecule has 5 aromatic rings. The van der Waals surface area contributed by atoms with Crippen molar-refractivity contribution in [2.45, 2.75) is 0 Å². The average Bonchev–Trinajstić information content (AvgIpc) is 3.22. The fourth-order valence-electron chi connectivity index (χ4n) is 3.51. The first-order valence-electron chi connectivity index (χ1n) is 9.38. The summed E-state index contributed by atoms with van der Waals surface area (Å²) in [5.41, 5.74) is 0.879. The molecule has 1 N–H and O–H groups in total. The van der Waals surface area contributed by atoms with E-state index in [9.17, 15) is 18.0 Å². The monoisotopic (exact) mass is 452 g/mol. The third kappa shape index (κ3) is 3.44. The van der Waals surface area contributed by atoms with Gasteiger partial charge in [0.05, 0.1) is 22.0 Å². The fourth-order valence-corrected chi connectivity index (χ4v) is 3.73. The van der Waals surface area contributed by atoms with Crippen molar-refractivity contribution in [1.29, 1.82) is 0 Å². The SMILES string of the molecule is O=C(Nc1ccc2nccn2c1)c1ccc2c(Cl)cnc(-c3c(F)cc(F)cc3F)c2c1. The second kappa shape index (κ2) is 7.65. The fraction of sp³-hybridized carbons (Fsp3) is 0. The Morgan fingerprint density at radius 1 is 0.969 bits per heavy atom. The standard InChI is InChI=1S/C23H12ClF3N4O/c24-17-10-29-22(21-18(26)8-13(25)9-19(21)27)16-7-12(1-3-15(16)17)23(32)30-14-2-4-20-28-5-6-31(20)11-14/h1-11H,(H,30,32). The second-order valence-electron chi connectivity index (χ2n) is 7.02. The molecule has 2 aromatic carbocycles. The number of carbonyl (C=O) groups excluding carboxylic acids is 1. The highest BCUT2D eigenvalue weighted by atomic mass is 35.5. The highest BCUT2D eigenvalue weighted by Crippen LogP contribution is 2.35. The van der Waals surface area contributed by atoms with Gasteiger partial charge < -0.3 is 9.72 Å². The molecule has 1 amide bonds. The predicted molar refractivity (Wildman–Crippen MR) is 115 cm³/mol. The van der Waals surface area contributed by atoms with E-state index in [2.05, 4.69) is 15.3 Å². The van der Waals surface area contributed by atoms with Gasteiger partial charge in [0, 0.05) is 53.3 Å². The summed E-state index contributed by atoms with van der Waals surface area (Å²) < 4.78 is 44.0. The summed E-state index contributed by atoms with van der Waals surface area (Å²) in [6.45, 7) is 0. The summed E-state index contributed by atoms with van der Waals surface area (Å²) in [6, 6.07) is 9.15. The van der Waals surface area contributed by atoms with Gasteiger partial charge in [0.15, 0.2) is 0 Å². The van der Waals surface area contributed by atoms with E-state index in [4.69, 9.17) is 11.6 Å². The molecule has 0 fully saturated rings. The molecule has 158 valence electrons. The van der Waals surface area contributed by atoms with Gasteiger partial charge in [-0.1, -0.05) is 17.7 Å². The third-order valence-corrected chi connectivity index (χ3v) is 5.29. The Hall–Kier alpha value is -3.91. The predicted octanol–water partition coefficient (Wildman–Crippen LogP) is 5.87. The molecular weight excluding hydrogens is 441 g/mol. The average molecular weight is 453 g/mol. The zero-order valence-electron chi connectivity index (χ0n) is 16.1. The van der Waals surface area contributed by atoms with E-state index in [0.29, 0.717) is 23.2 Å². The number of carbonyl (C=O) groups is 1. The summed E-state index contributed by atoms with van der Waals surface area (Å²) in [7, 11) is 0. The van der Waals surface area contributed by atoms with E-state index < -0.39 is 28.9 Å². The number of hydrogen-bond donors (Lipinski definition) is 1. The number of nitrogens with one attached hydrogen (secondary N) is 1. The lowest BCUT2D eigenvalue weighted by Gasteiger charge is -2.12. The Kier molecular flexibility index (Phi) is 4.79. The largest absolute Gasteiger partial charge is 0.321 e. The van der Waals surface area contributed by atoms with Crippen LogP contribution in [-0.2, 0) is 0 Å². The minimum atomic E-state index is -1.11. The molecule has 0 saturated carbocycles. The molecular formula is C23H12ClF3N4O. The van der Waals surface area contributed by atoms with Crippen LogP contribution in [0.5, 0.6) is 0 Å². The highest BCUT2D eigenvalue weighted by molar-refractivity contribution is 6.36. The molecule has 0 aliphatic heterocycles. The lowest BCUT2D eigenvalue weighted by molar-refractivity contribution is 0.102. The Balaban J connectivity index is 1.59. The Morgan fingerprint density at radius 3 is 2.53 bits per heavy atom. The number of aromatic nitrogens is 3. The third-order valence-electron chi connectivity index (χ3n) is 4.99. The number of hydrogen-bond acceptors (Lipinski definition) is 3. The van der Waals surface area contributed by atoms with Gasteiger partial charge in [0.25, 0.3) is 5.91 Å². The Labute approximate surface area is 184 Å². The summed E-state index contributed by atoms with van der Waals surface area (Å²) in [5, 5.41) is 3.70. The number of halogens is 4. The van der Waals surface area contributed by atoms with Gasteiger partial charge in [-0.05, 0) is 24.3 Å². The maximum atomic E-state index is 14.4. The van der Waals surface area contributed by atoms with Crippen LogP contribution in [-0.4, -0.2) is 20.3 Å². The number of nitrogens with zero attached hydrogens (tertiary/aromatic N) is 3. The van der Waals surface area contributed by atoms with Crippen molar-refractivity contribution in [3.63, 3.8) is 0 Å².